The van der Waals surface area contributed by atoms with Crippen LogP contribution in [0.15, 0.2) is 72.8 Å². The maximum absolute atomic E-state index is 10.1. The van der Waals surface area contributed by atoms with E-state index in [1.54, 1.807) is 19.2 Å². The van der Waals surface area contributed by atoms with Gasteiger partial charge in [-0.1, -0.05) is 30.7 Å². The molecule has 190 valence electrons. The largest absolute Gasteiger partial charge is 0.508 e. The van der Waals surface area contributed by atoms with Gasteiger partial charge in [-0.3, -0.25) is 4.90 Å². The number of likely N-dealkylation sites (tertiary alicyclic amines) is 1. The van der Waals surface area contributed by atoms with Crippen LogP contribution in [0.2, 0.25) is 0 Å². The van der Waals surface area contributed by atoms with Crippen LogP contribution in [-0.2, 0) is 6.42 Å². The number of halogens is 1. The van der Waals surface area contributed by atoms with Gasteiger partial charge in [0.2, 0.25) is 0 Å². The molecule has 0 saturated carbocycles. The van der Waals surface area contributed by atoms with Gasteiger partial charge in [-0.25, -0.2) is 0 Å². The second-order valence-corrected chi connectivity index (χ2v) is 9.26. The topological polar surface area (TPSA) is 51.2 Å². The molecule has 1 saturated heterocycles. The smallest absolute Gasteiger partial charge is 0.143 e. The number of benzene rings is 3. The summed E-state index contributed by atoms with van der Waals surface area (Å²) in [5.74, 6) is 2.58. The Morgan fingerprint density at radius 3 is 2.53 bits per heavy atom. The van der Waals surface area contributed by atoms with Crippen LogP contribution in [0.1, 0.15) is 42.1 Å². The van der Waals surface area contributed by atoms with E-state index < -0.39 is 0 Å². The molecule has 6 heteroatoms. The molecule has 3 aromatic rings. The first-order valence-corrected chi connectivity index (χ1v) is 12.5. The van der Waals surface area contributed by atoms with Gasteiger partial charge in [-0.2, -0.15) is 0 Å². The van der Waals surface area contributed by atoms with E-state index in [1.807, 2.05) is 30.3 Å². The van der Waals surface area contributed by atoms with Gasteiger partial charge >= 0.3 is 0 Å². The fourth-order valence-electron chi connectivity index (χ4n) is 4.85. The predicted molar refractivity (Wildman–Crippen MR) is 146 cm³/mol. The average molecular weight is 508 g/mol. The van der Waals surface area contributed by atoms with Gasteiger partial charge in [0, 0.05) is 18.2 Å². The molecule has 0 radical (unpaired) electrons. The summed E-state index contributed by atoms with van der Waals surface area (Å²) in [5.41, 5.74) is 4.37. The molecule has 1 N–H and O–H groups in total. The van der Waals surface area contributed by atoms with Gasteiger partial charge in [-0.15, -0.1) is 12.4 Å². The first kappa shape index (κ1) is 25.9. The maximum Gasteiger partial charge on any atom is 0.143 e. The summed E-state index contributed by atoms with van der Waals surface area (Å²) < 4.78 is 17.7. The molecule has 0 bridgehead atoms. The lowest BCUT2D eigenvalue weighted by atomic mass is 9.92. The minimum absolute atomic E-state index is 0. The van der Waals surface area contributed by atoms with E-state index in [4.69, 9.17) is 14.2 Å². The number of aromatic hydroxyl groups is 1. The van der Waals surface area contributed by atoms with Crippen LogP contribution in [0.4, 0.5) is 0 Å². The summed E-state index contributed by atoms with van der Waals surface area (Å²) in [4.78, 5) is 2.49. The van der Waals surface area contributed by atoms with Crippen molar-refractivity contribution >= 4 is 18.0 Å². The summed E-state index contributed by atoms with van der Waals surface area (Å²) in [7, 11) is 1.66. The highest BCUT2D eigenvalue weighted by Crippen LogP contribution is 2.41. The van der Waals surface area contributed by atoms with E-state index in [1.165, 1.54) is 37.9 Å². The van der Waals surface area contributed by atoms with Crippen molar-refractivity contribution in [1.82, 2.24) is 4.90 Å². The Labute approximate surface area is 219 Å². The van der Waals surface area contributed by atoms with Gasteiger partial charge in [0.1, 0.15) is 35.7 Å². The molecule has 2 heterocycles. The van der Waals surface area contributed by atoms with Crippen LogP contribution in [0.5, 0.6) is 23.0 Å². The molecule has 5 rings (SSSR count). The highest BCUT2D eigenvalue weighted by atomic mass is 35.5. The summed E-state index contributed by atoms with van der Waals surface area (Å²) in [6.07, 6.45) is 6.63. The van der Waals surface area contributed by atoms with Crippen molar-refractivity contribution in [2.45, 2.75) is 31.8 Å². The zero-order valence-corrected chi connectivity index (χ0v) is 21.5. The van der Waals surface area contributed by atoms with Gasteiger partial charge < -0.3 is 19.3 Å². The number of piperidine rings is 1. The molecule has 2 aliphatic heterocycles. The van der Waals surface area contributed by atoms with Crippen molar-refractivity contribution in [1.29, 1.82) is 0 Å². The average Bonchev–Trinajstić information content (AvgIpc) is 2.90. The molecule has 0 amide bonds. The molecule has 5 nitrogen and oxygen atoms in total. The fourth-order valence-corrected chi connectivity index (χ4v) is 4.85. The molecule has 0 aromatic heterocycles. The number of ether oxygens (including phenoxy) is 3. The second kappa shape index (κ2) is 12.2. The number of fused-ring (bicyclic) bond motifs is 1. The van der Waals surface area contributed by atoms with E-state index in [0.717, 1.165) is 47.8 Å². The zero-order valence-electron chi connectivity index (χ0n) is 20.7. The summed E-state index contributed by atoms with van der Waals surface area (Å²) in [5, 5.41) is 10.1. The van der Waals surface area contributed by atoms with E-state index in [2.05, 4.69) is 35.2 Å². The summed E-state index contributed by atoms with van der Waals surface area (Å²) in [6.45, 7) is 4.10. The number of phenolic OH excluding ortho intramolecular Hbond substituents is 1. The normalized spacial score (nSPS) is 17.2. The van der Waals surface area contributed by atoms with E-state index in [0.29, 0.717) is 5.75 Å². The molecule has 1 fully saturated rings. The van der Waals surface area contributed by atoms with Crippen molar-refractivity contribution in [2.24, 2.45) is 0 Å². The molecule has 3 aromatic carbocycles. The SMILES string of the molecule is COc1cccc(C2C=C(Cc3ccc(OCCN4CCCCC4)cc3)c3ccc(O)cc3O2)c1.Cl. The Hall–Kier alpha value is -3.15. The third-order valence-electron chi connectivity index (χ3n) is 6.78. The van der Waals surface area contributed by atoms with Crippen molar-refractivity contribution < 1.29 is 19.3 Å². The number of hydrogen-bond donors (Lipinski definition) is 1. The molecule has 1 atom stereocenters. The molecule has 0 spiro atoms. The predicted octanol–water partition coefficient (Wildman–Crippen LogP) is 6.45. The highest BCUT2D eigenvalue weighted by molar-refractivity contribution is 5.85. The summed E-state index contributed by atoms with van der Waals surface area (Å²) >= 11 is 0. The van der Waals surface area contributed by atoms with Crippen LogP contribution in [0, 0.1) is 0 Å². The van der Waals surface area contributed by atoms with Gasteiger partial charge in [0.15, 0.2) is 0 Å². The Morgan fingerprint density at radius 1 is 0.944 bits per heavy atom. The van der Waals surface area contributed by atoms with Crippen molar-refractivity contribution in [3.05, 3.63) is 89.5 Å². The Balaban J connectivity index is 0.00000304. The van der Waals surface area contributed by atoms with Crippen molar-refractivity contribution in [3.63, 3.8) is 0 Å². The first-order chi connectivity index (χ1) is 17.2. The summed E-state index contributed by atoms with van der Waals surface area (Å²) in [6, 6.07) is 21.6. The lowest BCUT2D eigenvalue weighted by molar-refractivity contribution is 0.183. The Morgan fingerprint density at radius 2 is 1.75 bits per heavy atom. The van der Waals surface area contributed by atoms with Crippen LogP contribution in [0.3, 0.4) is 0 Å². The highest BCUT2D eigenvalue weighted by Gasteiger charge is 2.23. The van der Waals surface area contributed by atoms with Crippen molar-refractivity contribution in [3.8, 4) is 23.0 Å². The number of nitrogens with zero attached hydrogens (tertiary/aromatic N) is 1. The van der Waals surface area contributed by atoms with Crippen LogP contribution in [-0.4, -0.2) is 43.4 Å². The maximum atomic E-state index is 10.1. The number of phenols is 1. The van der Waals surface area contributed by atoms with E-state index in [-0.39, 0.29) is 24.3 Å². The lowest BCUT2D eigenvalue weighted by Crippen LogP contribution is -2.33. The third kappa shape index (κ3) is 6.34. The van der Waals surface area contributed by atoms with Crippen molar-refractivity contribution in [2.75, 3.05) is 33.4 Å². The van der Waals surface area contributed by atoms with Crippen LogP contribution < -0.4 is 14.2 Å². The monoisotopic (exact) mass is 507 g/mol. The Bertz CT molecular complexity index is 1170. The number of methoxy groups -OCH3 is 1. The lowest BCUT2D eigenvalue weighted by Gasteiger charge is -2.26. The Kier molecular flexibility index (Phi) is 8.79. The minimum Gasteiger partial charge on any atom is -0.508 e. The first-order valence-electron chi connectivity index (χ1n) is 12.5. The molecule has 2 aliphatic rings. The quantitative estimate of drug-likeness (QED) is 0.380. The third-order valence-corrected chi connectivity index (χ3v) is 6.78. The number of hydrogen-bond acceptors (Lipinski definition) is 5. The standard InChI is InChI=1S/C30H33NO4.ClH/c1-33-27-7-5-6-23(19-27)29-20-24(28-13-10-25(32)21-30(28)35-29)18-22-8-11-26(12-9-22)34-17-16-31-14-3-2-4-15-31;/h5-13,19-21,29,32H,2-4,14-18H2,1H3;1H. The molecule has 36 heavy (non-hydrogen) atoms. The second-order valence-electron chi connectivity index (χ2n) is 9.26. The van der Waals surface area contributed by atoms with Gasteiger partial charge in [0.05, 0.1) is 7.11 Å². The van der Waals surface area contributed by atoms with Crippen LogP contribution in [0.25, 0.3) is 5.57 Å². The van der Waals surface area contributed by atoms with E-state index in [9.17, 15) is 5.11 Å². The minimum atomic E-state index is -0.258. The molecule has 0 aliphatic carbocycles. The zero-order chi connectivity index (χ0) is 24.0. The van der Waals surface area contributed by atoms with Gasteiger partial charge in [-0.05, 0) is 91.5 Å². The van der Waals surface area contributed by atoms with Gasteiger partial charge in [0.25, 0.3) is 0 Å². The number of rotatable bonds is 8. The molecular formula is C30H34ClNO4. The number of allylic oxidation sites excluding steroid dienone is 1. The molecular weight excluding hydrogens is 474 g/mol. The fraction of sp³-hybridized carbons (Fsp3) is 0.333. The molecule has 1 unspecified atom stereocenters. The van der Waals surface area contributed by atoms with Crippen LogP contribution >= 0.6 is 12.4 Å². The van der Waals surface area contributed by atoms with E-state index >= 15 is 0 Å².